The summed E-state index contributed by atoms with van der Waals surface area (Å²) in [6.07, 6.45) is 1.62. The summed E-state index contributed by atoms with van der Waals surface area (Å²) < 4.78 is 46.7. The molecule has 0 radical (unpaired) electrons. The summed E-state index contributed by atoms with van der Waals surface area (Å²) in [5, 5.41) is 8.87. The fourth-order valence-electron chi connectivity index (χ4n) is 3.49. The number of carbonyl (C=O) groups is 1. The second kappa shape index (κ2) is 7.95. The number of ether oxygens (including phenoxy) is 1. The molecule has 148 valence electrons. The first-order valence-electron chi connectivity index (χ1n) is 8.91. The van der Waals surface area contributed by atoms with E-state index in [4.69, 9.17) is 9.84 Å². The third kappa shape index (κ3) is 4.31. The van der Waals surface area contributed by atoms with Crippen molar-refractivity contribution in [3.05, 3.63) is 41.2 Å². The van der Waals surface area contributed by atoms with Gasteiger partial charge in [0.25, 0.3) is 10.2 Å². The van der Waals surface area contributed by atoms with E-state index in [0.29, 0.717) is 24.8 Å². The molecule has 27 heavy (non-hydrogen) atoms. The predicted octanol–water partition coefficient (Wildman–Crippen LogP) is 2.97. The molecule has 0 amide bonds. The number of piperidine rings is 1. The van der Waals surface area contributed by atoms with Crippen molar-refractivity contribution in [2.24, 2.45) is 0 Å². The molecule has 0 bridgehead atoms. The van der Waals surface area contributed by atoms with Gasteiger partial charge in [-0.15, -0.1) is 0 Å². The lowest BCUT2D eigenvalue weighted by atomic mass is 9.98. The van der Waals surface area contributed by atoms with E-state index < -0.39 is 22.6 Å². The molecule has 9 heteroatoms. The maximum Gasteiger partial charge on any atom is 0.507 e. The number of benzene rings is 1. The van der Waals surface area contributed by atoms with Crippen molar-refractivity contribution in [1.82, 2.24) is 8.61 Å². The van der Waals surface area contributed by atoms with Gasteiger partial charge in [-0.25, -0.2) is 9.18 Å². The summed E-state index contributed by atoms with van der Waals surface area (Å²) >= 11 is 0. The molecule has 2 aliphatic heterocycles. The zero-order chi connectivity index (χ0) is 19.6. The Hall–Kier alpha value is -1.97. The average molecular weight is 398 g/mol. The van der Waals surface area contributed by atoms with Crippen molar-refractivity contribution < 1.29 is 27.4 Å². The van der Waals surface area contributed by atoms with Gasteiger partial charge < -0.3 is 9.84 Å². The molecule has 1 aromatic rings. The lowest BCUT2D eigenvalue weighted by molar-refractivity contribution is -0.0187. The fraction of sp³-hybridized carbons (Fsp3) is 0.500. The Morgan fingerprint density at radius 3 is 2.70 bits per heavy atom. The number of hydrogen-bond donors (Lipinski definition) is 1. The molecule has 1 saturated heterocycles. The van der Waals surface area contributed by atoms with Gasteiger partial charge in [-0.1, -0.05) is 12.1 Å². The Morgan fingerprint density at radius 1 is 1.30 bits per heavy atom. The first-order valence-corrected chi connectivity index (χ1v) is 10.3. The van der Waals surface area contributed by atoms with E-state index in [1.165, 1.54) is 10.4 Å². The molecule has 7 nitrogen and oxygen atoms in total. The summed E-state index contributed by atoms with van der Waals surface area (Å²) in [5.41, 5.74) is 2.41. The van der Waals surface area contributed by atoms with Gasteiger partial charge in [-0.2, -0.15) is 17.0 Å². The van der Waals surface area contributed by atoms with Gasteiger partial charge in [-0.3, -0.25) is 0 Å². The fourth-order valence-corrected chi connectivity index (χ4v) is 5.17. The zero-order valence-corrected chi connectivity index (χ0v) is 15.9. The highest BCUT2D eigenvalue weighted by atomic mass is 32.2. The van der Waals surface area contributed by atoms with Crippen LogP contribution in [0.4, 0.5) is 9.18 Å². The van der Waals surface area contributed by atoms with Gasteiger partial charge in [0.05, 0.1) is 0 Å². The van der Waals surface area contributed by atoms with Crippen LogP contribution < -0.4 is 0 Å². The number of aryl methyl sites for hydroxylation is 1. The number of carboxylic acid groups (broad SMARTS) is 1. The Kier molecular flexibility index (Phi) is 5.83. The molecular formula is C18H23FN2O5S. The van der Waals surface area contributed by atoms with Crippen molar-refractivity contribution in [3.63, 3.8) is 0 Å². The summed E-state index contributed by atoms with van der Waals surface area (Å²) in [4.78, 5) is 10.9. The molecule has 0 spiro atoms. The number of halogens is 1. The highest BCUT2D eigenvalue weighted by Gasteiger charge is 2.39. The average Bonchev–Trinajstić information content (AvgIpc) is 2.64. The molecule has 2 heterocycles. The third-order valence-electron chi connectivity index (χ3n) is 4.96. The van der Waals surface area contributed by atoms with Crippen LogP contribution in [0.15, 0.2) is 24.3 Å². The lowest BCUT2D eigenvalue weighted by Crippen LogP contribution is -2.52. The van der Waals surface area contributed by atoms with Crippen LogP contribution in [0.5, 0.6) is 0 Å². The quantitative estimate of drug-likeness (QED) is 0.788. The van der Waals surface area contributed by atoms with Gasteiger partial charge in [0.1, 0.15) is 5.82 Å². The van der Waals surface area contributed by atoms with Crippen LogP contribution in [-0.4, -0.2) is 54.2 Å². The highest BCUT2D eigenvalue weighted by molar-refractivity contribution is 7.86. The normalized spacial score (nSPS) is 22.3. The maximum absolute atomic E-state index is 13.5. The first-order chi connectivity index (χ1) is 12.8. The van der Waals surface area contributed by atoms with E-state index in [2.05, 4.69) is 0 Å². The minimum atomic E-state index is -3.83. The van der Waals surface area contributed by atoms with E-state index >= 15 is 0 Å². The molecule has 0 aromatic heterocycles. The van der Waals surface area contributed by atoms with Crippen LogP contribution in [0.25, 0.3) is 5.57 Å². The van der Waals surface area contributed by atoms with E-state index in [1.807, 2.05) is 6.08 Å². The summed E-state index contributed by atoms with van der Waals surface area (Å²) in [7, 11) is -3.83. The van der Waals surface area contributed by atoms with E-state index in [-0.39, 0.29) is 25.5 Å². The van der Waals surface area contributed by atoms with Crippen LogP contribution in [0.3, 0.4) is 0 Å². The van der Waals surface area contributed by atoms with Crippen LogP contribution in [0, 0.1) is 12.7 Å². The van der Waals surface area contributed by atoms with Gasteiger partial charge >= 0.3 is 6.16 Å². The summed E-state index contributed by atoms with van der Waals surface area (Å²) in [6.45, 7) is 2.40. The van der Waals surface area contributed by atoms with Gasteiger partial charge in [0.15, 0.2) is 6.23 Å². The molecule has 1 N–H and O–H groups in total. The van der Waals surface area contributed by atoms with Crippen LogP contribution >= 0.6 is 0 Å². The SMILES string of the molecule is Cc1cc(C2=CCN(S(=O)(=O)N3CCCC[C@H]3OC(=O)O)CC2)ccc1F. The van der Waals surface area contributed by atoms with Crippen LogP contribution in [-0.2, 0) is 14.9 Å². The molecule has 1 fully saturated rings. The highest BCUT2D eigenvalue weighted by Crippen LogP contribution is 2.28. The monoisotopic (exact) mass is 398 g/mol. The Morgan fingerprint density at radius 2 is 2.07 bits per heavy atom. The second-order valence-electron chi connectivity index (χ2n) is 6.75. The molecular weight excluding hydrogens is 375 g/mol. The van der Waals surface area contributed by atoms with E-state index in [9.17, 15) is 17.6 Å². The third-order valence-corrected chi connectivity index (χ3v) is 6.96. The van der Waals surface area contributed by atoms with Crippen LogP contribution in [0.2, 0.25) is 0 Å². The number of hydrogen-bond acceptors (Lipinski definition) is 4. The van der Waals surface area contributed by atoms with E-state index in [0.717, 1.165) is 21.9 Å². The molecule has 0 unspecified atom stereocenters. The van der Waals surface area contributed by atoms with Crippen LogP contribution in [0.1, 0.15) is 36.8 Å². The van der Waals surface area contributed by atoms with Crippen molar-refractivity contribution in [3.8, 4) is 0 Å². The molecule has 2 aliphatic rings. The standard InChI is InChI=1S/C18H23FN2O5S/c1-13-12-15(5-6-16(13)19)14-7-10-20(11-8-14)27(24,25)21-9-3-2-4-17(21)26-18(22)23/h5-7,12,17H,2-4,8-11H2,1H3,(H,22,23)/t17-/m1/s1. The number of rotatable bonds is 4. The Balaban J connectivity index is 1.75. The molecule has 1 atom stereocenters. The summed E-state index contributed by atoms with van der Waals surface area (Å²) in [5.74, 6) is -0.270. The molecule has 0 aliphatic carbocycles. The largest absolute Gasteiger partial charge is 0.507 e. The van der Waals surface area contributed by atoms with Crippen molar-refractivity contribution >= 4 is 21.9 Å². The number of nitrogens with zero attached hydrogens (tertiary/aromatic N) is 2. The van der Waals surface area contributed by atoms with Gasteiger partial charge in [0.2, 0.25) is 0 Å². The van der Waals surface area contributed by atoms with Crippen molar-refractivity contribution in [2.75, 3.05) is 19.6 Å². The predicted molar refractivity (Wildman–Crippen MR) is 97.7 cm³/mol. The smallest absolute Gasteiger partial charge is 0.450 e. The molecule has 0 saturated carbocycles. The lowest BCUT2D eigenvalue weighted by Gasteiger charge is -2.37. The minimum absolute atomic E-state index is 0.185. The maximum atomic E-state index is 13.5. The zero-order valence-electron chi connectivity index (χ0n) is 15.1. The Labute approximate surface area is 158 Å². The summed E-state index contributed by atoms with van der Waals surface area (Å²) in [6, 6.07) is 4.86. The molecule has 3 rings (SSSR count). The minimum Gasteiger partial charge on any atom is -0.450 e. The van der Waals surface area contributed by atoms with Gasteiger partial charge in [-0.05, 0) is 61.4 Å². The topological polar surface area (TPSA) is 87.2 Å². The van der Waals surface area contributed by atoms with Gasteiger partial charge in [0, 0.05) is 19.6 Å². The Bertz CT molecular complexity index is 855. The van der Waals surface area contributed by atoms with Crippen molar-refractivity contribution in [2.45, 2.75) is 38.8 Å². The molecule has 1 aromatic carbocycles. The first kappa shape index (κ1) is 19.8. The van der Waals surface area contributed by atoms with Crippen molar-refractivity contribution in [1.29, 1.82) is 0 Å². The van der Waals surface area contributed by atoms with E-state index in [1.54, 1.807) is 19.1 Å². The second-order valence-corrected chi connectivity index (χ2v) is 8.64.